The minimum absolute atomic E-state index is 0.409. The molecule has 9 aromatic rings. The molecule has 0 saturated carbocycles. The molecule has 6 nitrogen and oxygen atoms in total. The Labute approximate surface area is 272 Å². The first-order valence-corrected chi connectivity index (χ1v) is 16.0. The zero-order chi connectivity index (χ0) is 30.6. The number of thiophene rings is 1. The van der Waals surface area contributed by atoms with Gasteiger partial charge in [-0.05, 0) is 36.4 Å². The third kappa shape index (κ3) is 4.40. The van der Waals surface area contributed by atoms with E-state index in [0.717, 1.165) is 38.6 Å². The number of para-hydroxylation sites is 2. The first kappa shape index (κ1) is 26.7. The Morgan fingerprint density at radius 1 is 0.587 bits per heavy atom. The quantitative estimate of drug-likeness (QED) is 0.205. The summed E-state index contributed by atoms with van der Waals surface area (Å²) in [4.78, 5) is 25.5. The molecule has 5 aromatic carbocycles. The summed E-state index contributed by atoms with van der Waals surface area (Å²) in [6.45, 7) is 0. The fraction of sp³-hybridized carbons (Fsp3) is 0. The molecule has 0 atom stereocenters. The van der Waals surface area contributed by atoms with Gasteiger partial charge in [0.15, 0.2) is 17.5 Å². The molecule has 46 heavy (non-hydrogen) atoms. The Morgan fingerprint density at radius 2 is 1.33 bits per heavy atom. The van der Waals surface area contributed by atoms with Gasteiger partial charge in [0.2, 0.25) is 5.95 Å². The Bertz CT molecular complexity index is 2580. The van der Waals surface area contributed by atoms with Crippen molar-refractivity contribution >= 4 is 82.4 Å². The van der Waals surface area contributed by atoms with Crippen molar-refractivity contribution in [2.24, 2.45) is 0 Å². The Balaban J connectivity index is 1.32. The molecule has 0 unspecified atom stereocenters. The largest absolute Gasteiger partial charge is 0.353 e. The topological polar surface area (TPSA) is 70.6 Å². The maximum Gasteiger partial charge on any atom is 0.240 e. The van der Waals surface area contributed by atoms with Crippen molar-refractivity contribution in [3.63, 3.8) is 0 Å². The molecule has 0 saturated heterocycles. The summed E-state index contributed by atoms with van der Waals surface area (Å²) in [6.07, 6.45) is 1.73. The molecule has 0 bridgehead atoms. The molecule has 8 heteroatoms. The zero-order valence-electron chi connectivity index (χ0n) is 24.2. The normalized spacial score (nSPS) is 11.6. The molecular formula is C38H23ClN6S. The molecule has 0 amide bonds. The van der Waals surface area contributed by atoms with Crippen LogP contribution in [-0.2, 0) is 0 Å². The number of aromatic amines is 1. The van der Waals surface area contributed by atoms with E-state index in [1.807, 2.05) is 71.6 Å². The number of hydrogen-bond donors (Lipinski definition) is 1. The Morgan fingerprint density at radius 3 is 2.20 bits per heavy atom. The summed E-state index contributed by atoms with van der Waals surface area (Å²) < 4.78 is 2.42. The molecule has 0 fully saturated rings. The number of aromatic nitrogens is 5. The van der Waals surface area contributed by atoms with Gasteiger partial charge in [-0.2, -0.15) is 9.97 Å². The molecule has 0 aliphatic carbocycles. The molecule has 4 aromatic heterocycles. The van der Waals surface area contributed by atoms with Gasteiger partial charge in [0, 0.05) is 53.8 Å². The van der Waals surface area contributed by atoms with Gasteiger partial charge in [0.25, 0.3) is 0 Å². The highest BCUT2D eigenvalue weighted by atomic mass is 35.5. The van der Waals surface area contributed by atoms with Crippen LogP contribution in [0, 0.1) is 0 Å². The average Bonchev–Trinajstić information content (AvgIpc) is 3.68. The van der Waals surface area contributed by atoms with E-state index in [4.69, 9.17) is 31.5 Å². The van der Waals surface area contributed by atoms with Gasteiger partial charge in [-0.25, -0.2) is 9.97 Å². The lowest BCUT2D eigenvalue weighted by Crippen LogP contribution is -2.17. The van der Waals surface area contributed by atoms with Crippen molar-refractivity contribution in [2.75, 3.05) is 4.90 Å². The van der Waals surface area contributed by atoms with Gasteiger partial charge < -0.3 is 4.98 Å². The summed E-state index contributed by atoms with van der Waals surface area (Å²) in [5.74, 6) is 2.04. The number of hydrogen-bond acceptors (Lipinski definition) is 6. The lowest BCUT2D eigenvalue weighted by Gasteiger charge is -2.24. The number of anilines is 3. The van der Waals surface area contributed by atoms with Gasteiger partial charge >= 0.3 is 0 Å². The second-order valence-corrected chi connectivity index (χ2v) is 12.5. The van der Waals surface area contributed by atoms with Gasteiger partial charge in [-0.1, -0.05) is 103 Å². The van der Waals surface area contributed by atoms with E-state index in [2.05, 4.69) is 65.6 Å². The number of nitrogens with one attached hydrogen (secondary N) is 1. The average molecular weight is 631 g/mol. The van der Waals surface area contributed by atoms with Crippen LogP contribution in [0.3, 0.4) is 0 Å². The maximum atomic E-state index is 6.88. The highest BCUT2D eigenvalue weighted by Crippen LogP contribution is 2.42. The maximum absolute atomic E-state index is 6.88. The van der Waals surface area contributed by atoms with Crippen LogP contribution in [0.4, 0.5) is 17.5 Å². The molecule has 4 heterocycles. The smallest absolute Gasteiger partial charge is 0.240 e. The van der Waals surface area contributed by atoms with E-state index in [1.165, 1.54) is 20.2 Å². The molecule has 0 aliphatic rings. The highest BCUT2D eigenvalue weighted by molar-refractivity contribution is 7.25. The molecule has 9 rings (SSSR count). The Kier molecular flexibility index (Phi) is 6.26. The number of fused-ring (bicyclic) bond motifs is 6. The lowest BCUT2D eigenvalue weighted by molar-refractivity contribution is 1.01. The van der Waals surface area contributed by atoms with Crippen LogP contribution in [0.5, 0.6) is 0 Å². The summed E-state index contributed by atoms with van der Waals surface area (Å²) in [6, 6.07) is 43.0. The van der Waals surface area contributed by atoms with Crippen LogP contribution in [0.1, 0.15) is 0 Å². The number of benzene rings is 5. The molecule has 0 spiro atoms. The number of H-pyrrole nitrogens is 1. The standard InChI is InChI=1S/C38H23ClN6S/c39-29-15-9-21-40-37(29)45(31-17-8-14-28-25-12-4-6-16-30(25)41-34(28)31)38-43-35(23-10-2-1-3-11-23)42-36(44-38)24-19-20-27-26-13-5-7-18-32(26)46-33(27)22-24/h1-22,41H. The molecule has 1 N–H and O–H groups in total. The van der Waals surface area contributed by atoms with Gasteiger partial charge in [0.1, 0.15) is 0 Å². The van der Waals surface area contributed by atoms with Crippen LogP contribution >= 0.6 is 22.9 Å². The molecule has 0 radical (unpaired) electrons. The van der Waals surface area contributed by atoms with Crippen molar-refractivity contribution in [2.45, 2.75) is 0 Å². The van der Waals surface area contributed by atoms with E-state index in [9.17, 15) is 0 Å². The van der Waals surface area contributed by atoms with E-state index >= 15 is 0 Å². The lowest BCUT2D eigenvalue weighted by atomic mass is 10.1. The van der Waals surface area contributed by atoms with Crippen LogP contribution in [0.15, 0.2) is 134 Å². The van der Waals surface area contributed by atoms with Gasteiger partial charge in [-0.3, -0.25) is 4.90 Å². The number of rotatable bonds is 5. The van der Waals surface area contributed by atoms with Crippen molar-refractivity contribution in [1.82, 2.24) is 24.9 Å². The zero-order valence-corrected chi connectivity index (χ0v) is 25.8. The predicted octanol–water partition coefficient (Wildman–Crippen LogP) is 10.7. The fourth-order valence-corrected chi connectivity index (χ4v) is 7.43. The fourth-order valence-electron chi connectivity index (χ4n) is 6.08. The van der Waals surface area contributed by atoms with Crippen molar-refractivity contribution in [3.8, 4) is 22.8 Å². The SMILES string of the molecule is Clc1cccnc1N(c1nc(-c2ccccc2)nc(-c2ccc3c(c2)sc2ccccc23)n1)c1cccc2c1[nH]c1ccccc12. The van der Waals surface area contributed by atoms with E-state index in [1.54, 1.807) is 17.5 Å². The van der Waals surface area contributed by atoms with Gasteiger partial charge in [0.05, 0.1) is 16.2 Å². The van der Waals surface area contributed by atoms with E-state index in [-0.39, 0.29) is 0 Å². The highest BCUT2D eigenvalue weighted by Gasteiger charge is 2.25. The first-order chi connectivity index (χ1) is 22.7. The monoisotopic (exact) mass is 630 g/mol. The Hall–Kier alpha value is -5.63. The van der Waals surface area contributed by atoms with Crippen LogP contribution < -0.4 is 4.90 Å². The third-order valence-corrected chi connectivity index (χ3v) is 9.63. The molecular weight excluding hydrogens is 608 g/mol. The second kappa shape index (κ2) is 10.8. The summed E-state index contributed by atoms with van der Waals surface area (Å²) in [5.41, 5.74) is 4.57. The first-order valence-electron chi connectivity index (χ1n) is 14.8. The molecule has 218 valence electrons. The summed E-state index contributed by atoms with van der Waals surface area (Å²) in [5, 5.41) is 5.15. The number of halogens is 1. The minimum Gasteiger partial charge on any atom is -0.353 e. The predicted molar refractivity (Wildman–Crippen MR) is 190 cm³/mol. The minimum atomic E-state index is 0.409. The van der Waals surface area contributed by atoms with Crippen LogP contribution in [0.25, 0.3) is 64.8 Å². The second-order valence-electron chi connectivity index (χ2n) is 11.0. The van der Waals surface area contributed by atoms with Crippen molar-refractivity contribution in [1.29, 1.82) is 0 Å². The van der Waals surface area contributed by atoms with Crippen molar-refractivity contribution in [3.05, 3.63) is 139 Å². The number of pyridine rings is 1. The van der Waals surface area contributed by atoms with Crippen molar-refractivity contribution < 1.29 is 0 Å². The van der Waals surface area contributed by atoms with E-state index in [0.29, 0.717) is 28.4 Å². The summed E-state index contributed by atoms with van der Waals surface area (Å²) in [7, 11) is 0. The van der Waals surface area contributed by atoms with Crippen LogP contribution in [0.2, 0.25) is 5.02 Å². The molecule has 0 aliphatic heterocycles. The van der Waals surface area contributed by atoms with Crippen LogP contribution in [-0.4, -0.2) is 24.9 Å². The third-order valence-electron chi connectivity index (χ3n) is 8.20. The van der Waals surface area contributed by atoms with Gasteiger partial charge in [-0.15, -0.1) is 11.3 Å². The summed E-state index contributed by atoms with van der Waals surface area (Å²) >= 11 is 8.65. The van der Waals surface area contributed by atoms with E-state index < -0.39 is 0 Å². The number of nitrogens with zero attached hydrogens (tertiary/aromatic N) is 5.